The zero-order chi connectivity index (χ0) is 16.9. The summed E-state index contributed by atoms with van der Waals surface area (Å²) in [5, 5.41) is 24.0. The van der Waals surface area contributed by atoms with Gasteiger partial charge in [-0.1, -0.05) is 12.1 Å². The van der Waals surface area contributed by atoms with Gasteiger partial charge in [-0.05, 0) is 35.0 Å². The number of ether oxygens (including phenoxy) is 1. The minimum absolute atomic E-state index is 0.168. The number of nitrogens with one attached hydrogen (secondary N) is 1. The van der Waals surface area contributed by atoms with Crippen LogP contribution in [0.5, 0.6) is 5.75 Å². The molecule has 1 heterocycles. The number of hydrogen-bond acceptors (Lipinski definition) is 5. The summed E-state index contributed by atoms with van der Waals surface area (Å²) in [7, 11) is 0. The van der Waals surface area contributed by atoms with Crippen LogP contribution in [-0.2, 0) is 4.74 Å². The number of aromatic hydroxyl groups is 1. The average Bonchev–Trinajstić information content (AvgIpc) is 2.59. The van der Waals surface area contributed by atoms with E-state index in [9.17, 15) is 15.0 Å². The Morgan fingerprint density at radius 2 is 2.04 bits per heavy atom. The Kier molecular flexibility index (Phi) is 5.30. The third kappa shape index (κ3) is 4.03. The van der Waals surface area contributed by atoms with Crippen molar-refractivity contribution in [1.82, 2.24) is 10.2 Å². The van der Waals surface area contributed by atoms with Gasteiger partial charge in [-0.15, -0.1) is 0 Å². The molecule has 1 atom stereocenters. The Labute approximate surface area is 140 Å². The number of aliphatic hydroxyl groups excluding tert-OH is 1. The van der Waals surface area contributed by atoms with Gasteiger partial charge in [-0.2, -0.15) is 0 Å². The van der Waals surface area contributed by atoms with Gasteiger partial charge < -0.3 is 20.3 Å². The van der Waals surface area contributed by atoms with E-state index in [1.54, 1.807) is 30.3 Å². The first kappa shape index (κ1) is 16.7. The van der Waals surface area contributed by atoms with Crippen molar-refractivity contribution in [2.24, 2.45) is 0 Å². The van der Waals surface area contributed by atoms with Gasteiger partial charge in [0.25, 0.3) is 5.91 Å². The minimum atomic E-state index is -0.619. The van der Waals surface area contributed by atoms with Crippen LogP contribution in [0.2, 0.25) is 0 Å². The highest BCUT2D eigenvalue weighted by atomic mass is 16.5. The van der Waals surface area contributed by atoms with Crippen LogP contribution in [0, 0.1) is 0 Å². The summed E-state index contributed by atoms with van der Waals surface area (Å²) < 4.78 is 5.28. The maximum Gasteiger partial charge on any atom is 0.252 e. The Morgan fingerprint density at radius 3 is 2.83 bits per heavy atom. The van der Waals surface area contributed by atoms with Crippen LogP contribution in [0.4, 0.5) is 0 Å². The molecule has 0 spiro atoms. The van der Waals surface area contributed by atoms with Crippen LogP contribution in [0.1, 0.15) is 10.4 Å². The number of nitrogens with zero attached hydrogens (tertiary/aromatic N) is 1. The number of hydrogen-bond donors (Lipinski definition) is 3. The summed E-state index contributed by atoms with van der Waals surface area (Å²) in [6, 6.07) is 10.3. The molecule has 1 unspecified atom stereocenters. The Morgan fingerprint density at radius 1 is 1.25 bits per heavy atom. The number of morpholine rings is 1. The first-order valence-corrected chi connectivity index (χ1v) is 8.11. The quantitative estimate of drug-likeness (QED) is 0.761. The van der Waals surface area contributed by atoms with Gasteiger partial charge in [0.05, 0.1) is 19.3 Å². The zero-order valence-corrected chi connectivity index (χ0v) is 13.4. The first-order valence-electron chi connectivity index (χ1n) is 8.11. The summed E-state index contributed by atoms with van der Waals surface area (Å²) in [5.41, 5.74) is 0.533. The summed E-state index contributed by atoms with van der Waals surface area (Å²) in [6.45, 7) is 3.69. The van der Waals surface area contributed by atoms with Crippen LogP contribution in [0.15, 0.2) is 36.4 Å². The summed E-state index contributed by atoms with van der Waals surface area (Å²) >= 11 is 0. The maximum atomic E-state index is 12.4. The van der Waals surface area contributed by atoms with Crippen molar-refractivity contribution in [2.75, 3.05) is 39.4 Å². The predicted octanol–water partition coefficient (Wildman–Crippen LogP) is 0.968. The number of benzene rings is 2. The molecule has 1 aliphatic rings. The zero-order valence-electron chi connectivity index (χ0n) is 13.4. The van der Waals surface area contributed by atoms with E-state index in [1.165, 1.54) is 0 Å². The van der Waals surface area contributed by atoms with E-state index >= 15 is 0 Å². The molecule has 2 aromatic carbocycles. The number of phenols is 1. The molecule has 6 heteroatoms. The molecular formula is C18H22N2O4. The standard InChI is InChI=1S/C18H22N2O4/c21-14-4-5-16-13(10-14)2-1-3-17(16)18(23)19-11-15(22)12-20-6-8-24-9-7-20/h1-5,10,15,21-22H,6-9,11-12H2,(H,19,23). The SMILES string of the molecule is O=C(NCC(O)CN1CCOCC1)c1cccc2cc(O)ccc12. The molecule has 128 valence electrons. The minimum Gasteiger partial charge on any atom is -0.508 e. The fraction of sp³-hybridized carbons (Fsp3) is 0.389. The highest BCUT2D eigenvalue weighted by Crippen LogP contribution is 2.23. The van der Waals surface area contributed by atoms with Crippen LogP contribution in [0.25, 0.3) is 10.8 Å². The lowest BCUT2D eigenvalue weighted by Gasteiger charge is -2.28. The highest BCUT2D eigenvalue weighted by molar-refractivity contribution is 6.07. The van der Waals surface area contributed by atoms with Gasteiger partial charge in [-0.3, -0.25) is 9.69 Å². The summed E-state index contributed by atoms with van der Waals surface area (Å²) in [4.78, 5) is 14.5. The van der Waals surface area contributed by atoms with Gasteiger partial charge in [0.15, 0.2) is 0 Å². The van der Waals surface area contributed by atoms with E-state index in [1.807, 2.05) is 6.07 Å². The van der Waals surface area contributed by atoms with E-state index in [2.05, 4.69) is 10.2 Å². The Balaban J connectivity index is 1.60. The molecular weight excluding hydrogens is 308 g/mol. The van der Waals surface area contributed by atoms with Gasteiger partial charge >= 0.3 is 0 Å². The Bertz CT molecular complexity index is 713. The molecule has 2 aromatic rings. The molecule has 3 N–H and O–H groups in total. The second-order valence-electron chi connectivity index (χ2n) is 5.99. The summed E-state index contributed by atoms with van der Waals surface area (Å²) in [6.07, 6.45) is -0.619. The predicted molar refractivity (Wildman–Crippen MR) is 91.2 cm³/mol. The van der Waals surface area contributed by atoms with Crippen molar-refractivity contribution in [3.05, 3.63) is 42.0 Å². The fourth-order valence-corrected chi connectivity index (χ4v) is 2.92. The molecule has 0 aromatic heterocycles. The van der Waals surface area contributed by atoms with Gasteiger partial charge in [0.1, 0.15) is 5.75 Å². The van der Waals surface area contributed by atoms with Crippen molar-refractivity contribution < 1.29 is 19.7 Å². The van der Waals surface area contributed by atoms with Crippen LogP contribution >= 0.6 is 0 Å². The molecule has 1 fully saturated rings. The lowest BCUT2D eigenvalue weighted by Crippen LogP contribution is -2.44. The smallest absolute Gasteiger partial charge is 0.252 e. The molecule has 1 saturated heterocycles. The lowest BCUT2D eigenvalue weighted by molar-refractivity contribution is 0.0149. The molecule has 1 amide bonds. The van der Waals surface area contributed by atoms with Gasteiger partial charge in [0.2, 0.25) is 0 Å². The molecule has 0 aliphatic carbocycles. The molecule has 6 nitrogen and oxygen atoms in total. The fourth-order valence-electron chi connectivity index (χ4n) is 2.92. The number of β-amino-alcohol motifs (C(OH)–C–C–N with tert-alkyl or cyclic N) is 1. The van der Waals surface area contributed by atoms with Crippen LogP contribution < -0.4 is 5.32 Å². The van der Waals surface area contributed by atoms with Crippen LogP contribution in [-0.4, -0.2) is 66.5 Å². The maximum absolute atomic E-state index is 12.4. The van der Waals surface area contributed by atoms with Crippen molar-refractivity contribution in [1.29, 1.82) is 0 Å². The van der Waals surface area contributed by atoms with E-state index in [4.69, 9.17) is 4.74 Å². The molecule has 0 radical (unpaired) electrons. The van der Waals surface area contributed by atoms with E-state index in [0.29, 0.717) is 25.3 Å². The topological polar surface area (TPSA) is 82.0 Å². The number of amides is 1. The molecule has 1 aliphatic heterocycles. The normalized spacial score (nSPS) is 16.9. The van der Waals surface area contributed by atoms with Crippen molar-refractivity contribution >= 4 is 16.7 Å². The van der Waals surface area contributed by atoms with E-state index in [-0.39, 0.29) is 18.2 Å². The second-order valence-corrected chi connectivity index (χ2v) is 5.99. The highest BCUT2D eigenvalue weighted by Gasteiger charge is 2.16. The molecule has 3 rings (SSSR count). The number of carbonyl (C=O) groups excluding carboxylic acids is 1. The monoisotopic (exact) mass is 330 g/mol. The first-order chi connectivity index (χ1) is 11.6. The third-order valence-electron chi connectivity index (χ3n) is 4.18. The van der Waals surface area contributed by atoms with Crippen molar-refractivity contribution in [3.63, 3.8) is 0 Å². The number of phenolic OH excluding ortho intramolecular Hbond substituents is 1. The number of aliphatic hydroxyl groups is 1. The third-order valence-corrected chi connectivity index (χ3v) is 4.18. The van der Waals surface area contributed by atoms with E-state index in [0.717, 1.165) is 23.9 Å². The summed E-state index contributed by atoms with van der Waals surface area (Å²) in [5.74, 6) is -0.0618. The molecule has 0 saturated carbocycles. The Hall–Kier alpha value is -2.15. The largest absolute Gasteiger partial charge is 0.508 e. The van der Waals surface area contributed by atoms with Gasteiger partial charge in [-0.25, -0.2) is 0 Å². The second kappa shape index (κ2) is 7.61. The van der Waals surface area contributed by atoms with Crippen molar-refractivity contribution in [2.45, 2.75) is 6.10 Å². The van der Waals surface area contributed by atoms with Crippen molar-refractivity contribution in [3.8, 4) is 5.75 Å². The number of carbonyl (C=O) groups is 1. The molecule has 0 bridgehead atoms. The molecule has 24 heavy (non-hydrogen) atoms. The number of fused-ring (bicyclic) bond motifs is 1. The van der Waals surface area contributed by atoms with Crippen LogP contribution in [0.3, 0.4) is 0 Å². The van der Waals surface area contributed by atoms with E-state index < -0.39 is 6.10 Å². The van der Waals surface area contributed by atoms with Gasteiger partial charge in [0, 0.05) is 31.7 Å². The number of rotatable bonds is 5. The lowest BCUT2D eigenvalue weighted by atomic mass is 10.0. The average molecular weight is 330 g/mol.